The summed E-state index contributed by atoms with van der Waals surface area (Å²) in [7, 11) is 0. The molecule has 3 atom stereocenters. The van der Waals surface area contributed by atoms with Gasteiger partial charge < -0.3 is 5.11 Å². The predicted octanol–water partition coefficient (Wildman–Crippen LogP) is 2.49. The molecule has 1 heteroatoms. The smallest absolute Gasteiger partial charge is 0.0782 e. The molecule has 3 aliphatic carbocycles. The SMILES string of the molecule is OC1(C2Cc3ccccc32)C2CCCC21. The minimum absolute atomic E-state index is 0.299. The summed E-state index contributed by atoms with van der Waals surface area (Å²) in [5.41, 5.74) is 2.59. The number of hydrogen-bond donors (Lipinski definition) is 1. The summed E-state index contributed by atoms with van der Waals surface area (Å²) in [5, 5.41) is 10.7. The first kappa shape index (κ1) is 8.35. The lowest BCUT2D eigenvalue weighted by Gasteiger charge is -2.36. The zero-order valence-corrected chi connectivity index (χ0v) is 8.82. The largest absolute Gasteiger partial charge is 0.389 e. The summed E-state index contributed by atoms with van der Waals surface area (Å²) in [6.07, 6.45) is 4.98. The molecule has 1 aromatic rings. The number of hydrogen-bond acceptors (Lipinski definition) is 1. The van der Waals surface area contributed by atoms with E-state index in [1.165, 1.54) is 30.4 Å². The Morgan fingerprint density at radius 2 is 1.87 bits per heavy atom. The van der Waals surface area contributed by atoms with E-state index in [9.17, 15) is 5.11 Å². The Balaban J connectivity index is 1.68. The average Bonchev–Trinajstić information content (AvgIpc) is 2.66. The van der Waals surface area contributed by atoms with E-state index in [1.807, 2.05) is 0 Å². The van der Waals surface area contributed by atoms with Crippen LogP contribution in [0.15, 0.2) is 24.3 Å². The first-order valence-corrected chi connectivity index (χ1v) is 6.12. The van der Waals surface area contributed by atoms with Gasteiger partial charge in [-0.1, -0.05) is 30.7 Å². The molecular weight excluding hydrogens is 184 g/mol. The molecule has 3 unspecified atom stereocenters. The summed E-state index contributed by atoms with van der Waals surface area (Å²) < 4.78 is 0. The molecule has 2 saturated carbocycles. The van der Waals surface area contributed by atoms with Crippen LogP contribution in [0.3, 0.4) is 0 Å². The minimum atomic E-state index is -0.299. The van der Waals surface area contributed by atoms with E-state index >= 15 is 0 Å². The third kappa shape index (κ3) is 0.844. The van der Waals surface area contributed by atoms with Crippen LogP contribution in [-0.4, -0.2) is 10.7 Å². The maximum atomic E-state index is 10.7. The Morgan fingerprint density at radius 1 is 1.13 bits per heavy atom. The van der Waals surface area contributed by atoms with Gasteiger partial charge in [0.15, 0.2) is 0 Å². The van der Waals surface area contributed by atoms with Gasteiger partial charge in [-0.3, -0.25) is 0 Å². The molecule has 1 aromatic carbocycles. The number of fused-ring (bicyclic) bond motifs is 2. The Morgan fingerprint density at radius 3 is 2.60 bits per heavy atom. The van der Waals surface area contributed by atoms with Crippen molar-refractivity contribution in [3.05, 3.63) is 35.4 Å². The molecule has 0 saturated heterocycles. The quantitative estimate of drug-likeness (QED) is 0.738. The molecule has 0 spiro atoms. The van der Waals surface area contributed by atoms with Crippen molar-refractivity contribution in [2.75, 3.05) is 0 Å². The van der Waals surface area contributed by atoms with Crippen molar-refractivity contribution in [1.82, 2.24) is 0 Å². The highest BCUT2D eigenvalue weighted by Crippen LogP contribution is 2.68. The molecule has 0 aliphatic heterocycles. The van der Waals surface area contributed by atoms with Crippen molar-refractivity contribution in [2.24, 2.45) is 11.8 Å². The van der Waals surface area contributed by atoms with Gasteiger partial charge in [-0.05, 0) is 42.2 Å². The lowest BCUT2D eigenvalue weighted by molar-refractivity contribution is 0.0673. The van der Waals surface area contributed by atoms with E-state index < -0.39 is 0 Å². The van der Waals surface area contributed by atoms with E-state index in [2.05, 4.69) is 24.3 Å². The van der Waals surface area contributed by atoms with Gasteiger partial charge in [0.2, 0.25) is 0 Å². The normalized spacial score (nSPS) is 45.5. The van der Waals surface area contributed by atoms with E-state index in [-0.39, 0.29) is 5.60 Å². The molecule has 15 heavy (non-hydrogen) atoms. The van der Waals surface area contributed by atoms with Crippen molar-refractivity contribution >= 4 is 0 Å². The maximum absolute atomic E-state index is 10.7. The first-order chi connectivity index (χ1) is 7.32. The second-order valence-electron chi connectivity index (χ2n) is 5.49. The molecule has 1 N–H and O–H groups in total. The van der Waals surface area contributed by atoms with Gasteiger partial charge in [-0.25, -0.2) is 0 Å². The van der Waals surface area contributed by atoms with Gasteiger partial charge in [0, 0.05) is 5.92 Å². The van der Waals surface area contributed by atoms with Crippen LogP contribution in [0.4, 0.5) is 0 Å². The Kier molecular flexibility index (Phi) is 1.37. The topological polar surface area (TPSA) is 20.2 Å². The molecule has 3 aliphatic rings. The van der Waals surface area contributed by atoms with Gasteiger partial charge in [-0.2, -0.15) is 0 Å². The van der Waals surface area contributed by atoms with Gasteiger partial charge in [0.05, 0.1) is 5.60 Å². The van der Waals surface area contributed by atoms with E-state index in [0.29, 0.717) is 17.8 Å². The van der Waals surface area contributed by atoms with Crippen LogP contribution in [0.2, 0.25) is 0 Å². The van der Waals surface area contributed by atoms with Crippen molar-refractivity contribution in [3.63, 3.8) is 0 Å². The van der Waals surface area contributed by atoms with Crippen LogP contribution in [-0.2, 0) is 6.42 Å². The molecule has 0 heterocycles. The summed E-state index contributed by atoms with van der Waals surface area (Å²) in [6.45, 7) is 0. The molecule has 2 fully saturated rings. The van der Waals surface area contributed by atoms with Crippen molar-refractivity contribution < 1.29 is 5.11 Å². The maximum Gasteiger partial charge on any atom is 0.0782 e. The Bertz CT molecular complexity index is 413. The number of aliphatic hydroxyl groups is 1. The molecule has 0 radical (unpaired) electrons. The van der Waals surface area contributed by atoms with Crippen molar-refractivity contribution in [3.8, 4) is 0 Å². The third-order valence-corrected chi connectivity index (χ3v) is 5.01. The van der Waals surface area contributed by atoms with E-state index in [0.717, 1.165) is 6.42 Å². The van der Waals surface area contributed by atoms with Gasteiger partial charge in [0.25, 0.3) is 0 Å². The van der Waals surface area contributed by atoms with Crippen LogP contribution < -0.4 is 0 Å². The van der Waals surface area contributed by atoms with Crippen LogP contribution in [0, 0.1) is 11.8 Å². The fourth-order valence-corrected chi connectivity index (χ4v) is 4.16. The number of rotatable bonds is 1. The molecule has 0 aromatic heterocycles. The zero-order chi connectivity index (χ0) is 10.0. The summed E-state index contributed by atoms with van der Waals surface area (Å²) in [6, 6.07) is 8.61. The van der Waals surface area contributed by atoms with Gasteiger partial charge in [0.1, 0.15) is 0 Å². The zero-order valence-electron chi connectivity index (χ0n) is 8.82. The van der Waals surface area contributed by atoms with Crippen LogP contribution in [0.5, 0.6) is 0 Å². The van der Waals surface area contributed by atoms with Crippen molar-refractivity contribution in [2.45, 2.75) is 37.2 Å². The second-order valence-corrected chi connectivity index (χ2v) is 5.49. The fraction of sp³-hybridized carbons (Fsp3) is 0.571. The Labute approximate surface area is 90.1 Å². The van der Waals surface area contributed by atoms with Crippen LogP contribution in [0.25, 0.3) is 0 Å². The predicted molar refractivity (Wildman–Crippen MR) is 58.7 cm³/mol. The highest BCUT2D eigenvalue weighted by Gasteiger charge is 2.70. The molecule has 4 rings (SSSR count). The van der Waals surface area contributed by atoms with Crippen LogP contribution in [0.1, 0.15) is 36.3 Å². The molecular formula is C14H16O. The summed E-state index contributed by atoms with van der Waals surface area (Å²) in [4.78, 5) is 0. The third-order valence-electron chi connectivity index (χ3n) is 5.01. The lowest BCUT2D eigenvalue weighted by atomic mass is 9.71. The monoisotopic (exact) mass is 200 g/mol. The standard InChI is InChI=1S/C14H16O/c15-14(11-6-3-7-12(11)14)13-8-9-4-1-2-5-10(9)13/h1-2,4-5,11-13,15H,3,6-8H2. The number of benzene rings is 1. The Hall–Kier alpha value is -0.820. The summed E-state index contributed by atoms with van der Waals surface area (Å²) >= 11 is 0. The summed E-state index contributed by atoms with van der Waals surface area (Å²) in [5.74, 6) is 1.73. The fourth-order valence-electron chi connectivity index (χ4n) is 4.16. The van der Waals surface area contributed by atoms with Gasteiger partial charge in [-0.15, -0.1) is 0 Å². The average molecular weight is 200 g/mol. The van der Waals surface area contributed by atoms with Gasteiger partial charge >= 0.3 is 0 Å². The highest BCUT2D eigenvalue weighted by molar-refractivity contribution is 5.45. The second kappa shape index (κ2) is 2.46. The lowest BCUT2D eigenvalue weighted by Crippen LogP contribution is -2.34. The highest BCUT2D eigenvalue weighted by atomic mass is 16.3. The van der Waals surface area contributed by atoms with Crippen molar-refractivity contribution in [1.29, 1.82) is 0 Å². The molecule has 1 nitrogen and oxygen atoms in total. The van der Waals surface area contributed by atoms with E-state index in [4.69, 9.17) is 0 Å². The molecule has 0 amide bonds. The van der Waals surface area contributed by atoms with Crippen LogP contribution >= 0.6 is 0 Å². The molecule has 0 bridgehead atoms. The first-order valence-electron chi connectivity index (χ1n) is 6.12. The molecule has 78 valence electrons. The van der Waals surface area contributed by atoms with E-state index in [1.54, 1.807) is 0 Å². The minimum Gasteiger partial charge on any atom is -0.389 e.